The second-order valence-corrected chi connectivity index (χ2v) is 5.69. The number of carbonyl (C=O) groups is 1. The second kappa shape index (κ2) is 5.84. The van der Waals surface area contributed by atoms with Gasteiger partial charge in [-0.25, -0.2) is 0 Å². The number of carbonyl (C=O) groups excluding carboxylic acids is 1. The smallest absolute Gasteiger partial charge is 0.222 e. The van der Waals surface area contributed by atoms with Gasteiger partial charge in [0.05, 0.1) is 19.3 Å². The minimum Gasteiger partial charge on any atom is -0.497 e. The number of rotatable bonds is 4. The molecule has 0 radical (unpaired) electrons. The second-order valence-electron chi connectivity index (χ2n) is 5.69. The van der Waals surface area contributed by atoms with E-state index in [1.807, 2.05) is 23.1 Å². The fourth-order valence-electron chi connectivity index (χ4n) is 3.03. The Hall–Kier alpha value is -1.91. The SMILES string of the molecule is COc1ccc2c(c1)N(CCN1CCCC1=O)C[C@H](C)O2. The Bertz CT molecular complexity index is 532. The lowest BCUT2D eigenvalue weighted by Gasteiger charge is -2.36. The zero-order chi connectivity index (χ0) is 14.8. The molecule has 0 N–H and O–H groups in total. The third-order valence-electron chi connectivity index (χ3n) is 4.12. The molecule has 21 heavy (non-hydrogen) atoms. The first-order valence-electron chi connectivity index (χ1n) is 7.55. The van der Waals surface area contributed by atoms with Gasteiger partial charge in [-0.3, -0.25) is 4.79 Å². The van der Waals surface area contributed by atoms with E-state index in [-0.39, 0.29) is 12.0 Å². The number of anilines is 1. The lowest BCUT2D eigenvalue weighted by atomic mass is 10.2. The first-order valence-corrected chi connectivity index (χ1v) is 7.55. The van der Waals surface area contributed by atoms with Gasteiger partial charge in [0, 0.05) is 32.1 Å². The molecule has 5 heteroatoms. The van der Waals surface area contributed by atoms with Crippen molar-refractivity contribution in [3.8, 4) is 11.5 Å². The molecule has 1 fully saturated rings. The molecule has 0 aliphatic carbocycles. The first-order chi connectivity index (χ1) is 10.2. The summed E-state index contributed by atoms with van der Waals surface area (Å²) >= 11 is 0. The summed E-state index contributed by atoms with van der Waals surface area (Å²) in [5, 5.41) is 0. The summed E-state index contributed by atoms with van der Waals surface area (Å²) in [6.45, 7) is 5.41. The fraction of sp³-hybridized carbons (Fsp3) is 0.562. The van der Waals surface area contributed by atoms with Gasteiger partial charge in [-0.1, -0.05) is 0 Å². The van der Waals surface area contributed by atoms with Gasteiger partial charge in [0.2, 0.25) is 5.91 Å². The molecule has 2 aliphatic rings. The maximum Gasteiger partial charge on any atom is 0.222 e. The van der Waals surface area contributed by atoms with Crippen molar-refractivity contribution in [2.75, 3.05) is 38.2 Å². The molecule has 3 rings (SSSR count). The Labute approximate surface area is 125 Å². The molecule has 1 saturated heterocycles. The zero-order valence-corrected chi connectivity index (χ0v) is 12.7. The van der Waals surface area contributed by atoms with Crippen LogP contribution >= 0.6 is 0 Å². The van der Waals surface area contributed by atoms with Crippen LogP contribution in [0.1, 0.15) is 19.8 Å². The summed E-state index contributed by atoms with van der Waals surface area (Å²) in [7, 11) is 1.67. The van der Waals surface area contributed by atoms with Crippen LogP contribution < -0.4 is 14.4 Å². The molecule has 0 spiro atoms. The van der Waals surface area contributed by atoms with Crippen LogP contribution in [0.15, 0.2) is 18.2 Å². The number of fused-ring (bicyclic) bond motifs is 1. The highest BCUT2D eigenvalue weighted by Crippen LogP contribution is 2.36. The van der Waals surface area contributed by atoms with Gasteiger partial charge >= 0.3 is 0 Å². The summed E-state index contributed by atoms with van der Waals surface area (Å²) < 4.78 is 11.2. The molecular weight excluding hydrogens is 268 g/mol. The Balaban J connectivity index is 1.74. The van der Waals surface area contributed by atoms with Gasteiger partial charge in [-0.15, -0.1) is 0 Å². The van der Waals surface area contributed by atoms with Gasteiger partial charge in [0.1, 0.15) is 17.6 Å². The molecule has 1 atom stereocenters. The van der Waals surface area contributed by atoms with E-state index in [0.29, 0.717) is 6.42 Å². The number of methoxy groups -OCH3 is 1. The number of hydrogen-bond donors (Lipinski definition) is 0. The number of hydrogen-bond acceptors (Lipinski definition) is 4. The molecule has 0 aromatic heterocycles. The van der Waals surface area contributed by atoms with Gasteiger partial charge < -0.3 is 19.3 Å². The first kappa shape index (κ1) is 14.0. The Morgan fingerprint density at radius 1 is 1.33 bits per heavy atom. The Morgan fingerprint density at radius 3 is 2.86 bits per heavy atom. The van der Waals surface area contributed by atoms with Crippen LogP contribution in [-0.4, -0.2) is 50.2 Å². The van der Waals surface area contributed by atoms with Gasteiger partial charge in [0.15, 0.2) is 0 Å². The molecule has 5 nitrogen and oxygen atoms in total. The average molecular weight is 290 g/mol. The van der Waals surface area contributed by atoms with E-state index in [9.17, 15) is 4.79 Å². The van der Waals surface area contributed by atoms with Crippen molar-refractivity contribution >= 4 is 11.6 Å². The van der Waals surface area contributed by atoms with Crippen LogP contribution in [0.25, 0.3) is 0 Å². The van der Waals surface area contributed by atoms with E-state index in [0.717, 1.165) is 49.8 Å². The average Bonchev–Trinajstić information content (AvgIpc) is 2.89. The minimum atomic E-state index is 0.153. The normalized spacial score (nSPS) is 21.2. The van der Waals surface area contributed by atoms with E-state index < -0.39 is 0 Å². The quantitative estimate of drug-likeness (QED) is 0.849. The fourth-order valence-corrected chi connectivity index (χ4v) is 3.03. The molecule has 0 bridgehead atoms. The lowest BCUT2D eigenvalue weighted by Crippen LogP contribution is -2.43. The highest BCUT2D eigenvalue weighted by molar-refractivity contribution is 5.78. The summed E-state index contributed by atoms with van der Waals surface area (Å²) in [4.78, 5) is 16.0. The van der Waals surface area contributed by atoms with Crippen LogP contribution in [0.3, 0.4) is 0 Å². The topological polar surface area (TPSA) is 42.0 Å². The third-order valence-corrected chi connectivity index (χ3v) is 4.12. The summed E-state index contributed by atoms with van der Waals surface area (Å²) in [6, 6.07) is 5.88. The van der Waals surface area contributed by atoms with Crippen molar-refractivity contribution in [2.45, 2.75) is 25.9 Å². The lowest BCUT2D eigenvalue weighted by molar-refractivity contribution is -0.127. The predicted octanol–water partition coefficient (Wildman–Crippen LogP) is 1.90. The van der Waals surface area contributed by atoms with E-state index in [1.54, 1.807) is 7.11 Å². The standard InChI is InChI=1S/C16H22N2O3/c1-12-11-18(9-8-17-7-3-4-16(17)19)14-10-13(20-2)5-6-15(14)21-12/h5-6,10,12H,3-4,7-9,11H2,1-2H3/t12-/m0/s1. The molecule has 0 saturated carbocycles. The maximum absolute atomic E-state index is 11.7. The van der Waals surface area contributed by atoms with Crippen molar-refractivity contribution < 1.29 is 14.3 Å². The molecule has 0 unspecified atom stereocenters. The summed E-state index contributed by atoms with van der Waals surface area (Å²) in [5.74, 6) is 2.00. The van der Waals surface area contributed by atoms with Gasteiger partial charge in [-0.2, -0.15) is 0 Å². The summed E-state index contributed by atoms with van der Waals surface area (Å²) in [6.07, 6.45) is 1.84. The van der Waals surface area contributed by atoms with Gasteiger partial charge in [-0.05, 0) is 25.5 Å². The van der Waals surface area contributed by atoms with Gasteiger partial charge in [0.25, 0.3) is 0 Å². The van der Waals surface area contributed by atoms with E-state index >= 15 is 0 Å². The summed E-state index contributed by atoms with van der Waals surface area (Å²) in [5.41, 5.74) is 1.05. The number of benzene rings is 1. The van der Waals surface area contributed by atoms with Crippen molar-refractivity contribution in [2.24, 2.45) is 0 Å². The third kappa shape index (κ3) is 2.91. The zero-order valence-electron chi connectivity index (χ0n) is 12.7. The molecule has 1 amide bonds. The highest BCUT2D eigenvalue weighted by Gasteiger charge is 2.25. The van der Waals surface area contributed by atoms with Crippen molar-refractivity contribution in [3.63, 3.8) is 0 Å². The Morgan fingerprint density at radius 2 is 2.14 bits per heavy atom. The number of likely N-dealkylation sites (tertiary alicyclic amines) is 1. The van der Waals surface area contributed by atoms with Crippen molar-refractivity contribution in [3.05, 3.63) is 18.2 Å². The van der Waals surface area contributed by atoms with E-state index in [4.69, 9.17) is 9.47 Å². The largest absolute Gasteiger partial charge is 0.497 e. The van der Waals surface area contributed by atoms with Crippen LogP contribution in [0.2, 0.25) is 0 Å². The highest BCUT2D eigenvalue weighted by atomic mass is 16.5. The monoisotopic (exact) mass is 290 g/mol. The molecule has 2 heterocycles. The van der Waals surface area contributed by atoms with Crippen molar-refractivity contribution in [1.82, 2.24) is 4.90 Å². The van der Waals surface area contributed by atoms with Crippen LogP contribution in [0, 0.1) is 0 Å². The van der Waals surface area contributed by atoms with Crippen LogP contribution in [-0.2, 0) is 4.79 Å². The molecule has 1 aromatic rings. The number of nitrogens with zero attached hydrogens (tertiary/aromatic N) is 2. The van der Waals surface area contributed by atoms with Crippen LogP contribution in [0.4, 0.5) is 5.69 Å². The van der Waals surface area contributed by atoms with E-state index in [2.05, 4.69) is 11.8 Å². The van der Waals surface area contributed by atoms with E-state index in [1.165, 1.54) is 0 Å². The molecule has 114 valence electrons. The molecule has 1 aromatic carbocycles. The van der Waals surface area contributed by atoms with Crippen molar-refractivity contribution in [1.29, 1.82) is 0 Å². The Kier molecular flexibility index (Phi) is 3.90. The molecule has 2 aliphatic heterocycles. The van der Waals surface area contributed by atoms with Crippen LogP contribution in [0.5, 0.6) is 11.5 Å². The number of amides is 1. The predicted molar refractivity (Wildman–Crippen MR) is 81.1 cm³/mol. The molecular formula is C16H22N2O3. The number of ether oxygens (including phenoxy) is 2. The maximum atomic E-state index is 11.7. The minimum absolute atomic E-state index is 0.153.